The Balaban J connectivity index is 1.22. The van der Waals surface area contributed by atoms with Gasteiger partial charge in [0.2, 0.25) is 17.6 Å². The molecule has 16 heteroatoms. The number of imide groups is 2. The first-order valence-electron chi connectivity index (χ1n) is 17.7. The molecule has 3 fully saturated rings. The molecule has 0 spiro atoms. The molecule has 58 heavy (non-hydrogen) atoms. The van der Waals surface area contributed by atoms with Crippen molar-refractivity contribution in [1.82, 2.24) is 0 Å². The van der Waals surface area contributed by atoms with E-state index in [1.54, 1.807) is 36.4 Å². The zero-order chi connectivity index (χ0) is 41.6. The molecule has 296 valence electrons. The van der Waals surface area contributed by atoms with Crippen LogP contribution >= 0.6 is 23.2 Å². The number of aromatic hydroxyl groups is 1. The molecule has 1 saturated carbocycles. The second-order valence-corrected chi connectivity index (χ2v) is 15.5. The van der Waals surface area contributed by atoms with Crippen LogP contribution in [0.4, 0.5) is 33.3 Å². The zero-order valence-electron chi connectivity index (χ0n) is 29.8. The maximum absolute atomic E-state index is 15.3. The number of hydrogen-bond acceptors (Lipinski definition) is 7. The standard InChI is InChI=1S/C42H27Cl2F5N2O7/c1-58-28-17-19(8-16-27(28)52)7-15-26-23-13-14-24-29(38(55)50(37(24)54)22-11-9-21(10-12-22)36(53)20-5-3-2-4-6-20)25(23)18-41(43)39(56)51(40(57)42(26,41)44)35-33(48)31(46)30(45)32(47)34(35)49/h2-13,15-17,24-26,29,52H,14,18H2,1H3. The van der Waals surface area contributed by atoms with Gasteiger partial charge >= 0.3 is 0 Å². The minimum atomic E-state index is -2.69. The Bertz CT molecular complexity index is 2520. The van der Waals surface area contributed by atoms with E-state index in [2.05, 4.69) is 0 Å². The second-order valence-electron chi connectivity index (χ2n) is 14.3. The van der Waals surface area contributed by atoms with E-state index in [9.17, 15) is 42.3 Å². The first-order chi connectivity index (χ1) is 27.6. The van der Waals surface area contributed by atoms with Crippen molar-refractivity contribution in [3.63, 3.8) is 0 Å². The molecule has 1 N–H and O–H groups in total. The molecule has 4 amide bonds. The normalized spacial score (nSPS) is 26.5. The topological polar surface area (TPSA) is 121 Å². The Morgan fingerprint density at radius 2 is 1.41 bits per heavy atom. The van der Waals surface area contributed by atoms with E-state index in [4.69, 9.17) is 27.9 Å². The summed E-state index contributed by atoms with van der Waals surface area (Å²) in [6.45, 7) is 0. The van der Waals surface area contributed by atoms with E-state index in [0.717, 1.165) is 4.90 Å². The van der Waals surface area contributed by atoms with Crippen LogP contribution in [0.25, 0.3) is 6.08 Å². The van der Waals surface area contributed by atoms with Gasteiger partial charge in [-0.1, -0.05) is 60.2 Å². The number of anilines is 2. The number of amides is 4. The number of halogens is 7. The number of carbonyl (C=O) groups is 5. The van der Waals surface area contributed by atoms with Crippen LogP contribution in [0.5, 0.6) is 11.5 Å². The molecule has 0 bridgehead atoms. The molecule has 4 aromatic carbocycles. The Morgan fingerprint density at radius 1 is 0.793 bits per heavy atom. The lowest BCUT2D eigenvalue weighted by Gasteiger charge is -2.49. The van der Waals surface area contributed by atoms with Gasteiger partial charge in [-0.15, -0.1) is 23.2 Å². The summed E-state index contributed by atoms with van der Waals surface area (Å²) in [6, 6.07) is 18.4. The van der Waals surface area contributed by atoms with Crippen molar-refractivity contribution in [3.8, 4) is 11.5 Å². The van der Waals surface area contributed by atoms with Gasteiger partial charge in [0.1, 0.15) is 5.69 Å². The first-order valence-corrected chi connectivity index (χ1v) is 18.4. The van der Waals surface area contributed by atoms with Gasteiger partial charge in [-0.3, -0.25) is 28.9 Å². The number of nitrogens with zero attached hydrogens (tertiary/aromatic N) is 2. The summed E-state index contributed by atoms with van der Waals surface area (Å²) in [7, 11) is 1.30. The molecule has 4 aromatic rings. The molecule has 6 unspecified atom stereocenters. The van der Waals surface area contributed by atoms with Gasteiger partial charge in [-0.2, -0.15) is 0 Å². The summed E-state index contributed by atoms with van der Waals surface area (Å²) < 4.78 is 78.9. The number of fused-ring (bicyclic) bond motifs is 4. The third-order valence-electron chi connectivity index (χ3n) is 11.4. The lowest BCUT2D eigenvalue weighted by atomic mass is 9.57. The van der Waals surface area contributed by atoms with E-state index in [1.807, 2.05) is 0 Å². The zero-order valence-corrected chi connectivity index (χ0v) is 31.3. The van der Waals surface area contributed by atoms with Crippen molar-refractivity contribution < 1.29 is 55.8 Å². The Hall–Kier alpha value is -5.86. The molecule has 8 rings (SSSR count). The number of phenols is 1. The van der Waals surface area contributed by atoms with Crippen LogP contribution < -0.4 is 14.5 Å². The summed E-state index contributed by atoms with van der Waals surface area (Å²) in [6.07, 6.45) is 3.58. The Labute approximate surface area is 335 Å². The van der Waals surface area contributed by atoms with E-state index in [1.165, 1.54) is 61.7 Å². The quantitative estimate of drug-likeness (QED) is 0.0387. The number of hydrogen-bond donors (Lipinski definition) is 1. The predicted octanol–water partition coefficient (Wildman–Crippen LogP) is 7.64. The molecule has 0 radical (unpaired) electrons. The van der Waals surface area contributed by atoms with Gasteiger partial charge in [0, 0.05) is 17.0 Å². The highest BCUT2D eigenvalue weighted by molar-refractivity contribution is 6.58. The number of benzene rings is 4. The molecule has 2 heterocycles. The number of rotatable bonds is 7. The fourth-order valence-corrected chi connectivity index (χ4v) is 9.48. The van der Waals surface area contributed by atoms with Crippen molar-refractivity contribution in [3.05, 3.63) is 136 Å². The maximum Gasteiger partial charge on any atom is 0.258 e. The SMILES string of the molecule is COc1cc(C=CC2C3=CCC4C(=O)N(c5ccc(C(=O)c6ccccc6)cc5)C(=O)C4C3CC3(Cl)C(=O)N(c4c(F)c(F)c(F)c(F)c4F)C(=O)C23Cl)ccc1O. The van der Waals surface area contributed by atoms with Crippen LogP contribution in [-0.4, -0.2) is 51.4 Å². The highest BCUT2D eigenvalue weighted by Gasteiger charge is 2.76. The lowest BCUT2D eigenvalue weighted by molar-refractivity contribution is -0.125. The molecule has 2 aliphatic carbocycles. The fraction of sp³-hybridized carbons (Fsp3) is 0.214. The van der Waals surface area contributed by atoms with E-state index < -0.39 is 98.2 Å². The highest BCUT2D eigenvalue weighted by atomic mass is 35.5. The van der Waals surface area contributed by atoms with Crippen LogP contribution in [0, 0.1) is 52.8 Å². The summed E-state index contributed by atoms with van der Waals surface area (Å²) in [5.74, 6) is -22.2. The number of ketones is 1. The molecule has 4 aliphatic rings. The highest BCUT2D eigenvalue weighted by Crippen LogP contribution is 2.64. The Morgan fingerprint density at radius 3 is 2.05 bits per heavy atom. The monoisotopic (exact) mass is 836 g/mol. The number of carbonyl (C=O) groups excluding carboxylic acids is 5. The smallest absolute Gasteiger partial charge is 0.258 e. The molecule has 6 atom stereocenters. The van der Waals surface area contributed by atoms with Crippen molar-refractivity contribution >= 4 is 70.1 Å². The average Bonchev–Trinajstić information content (AvgIpc) is 3.57. The van der Waals surface area contributed by atoms with E-state index in [-0.39, 0.29) is 45.4 Å². The number of phenolic OH excluding ortho intramolecular Hbond substituents is 1. The minimum Gasteiger partial charge on any atom is -0.504 e. The van der Waals surface area contributed by atoms with Crippen molar-refractivity contribution in [1.29, 1.82) is 0 Å². The van der Waals surface area contributed by atoms with Crippen LogP contribution in [0.2, 0.25) is 0 Å². The summed E-state index contributed by atoms with van der Waals surface area (Å²) in [4.78, 5) is 65.6. The van der Waals surface area contributed by atoms with Gasteiger partial charge in [0.05, 0.1) is 24.6 Å². The molecule has 2 saturated heterocycles. The molecule has 0 aromatic heterocycles. The lowest BCUT2D eigenvalue weighted by Crippen LogP contribution is -2.60. The van der Waals surface area contributed by atoms with Crippen LogP contribution in [0.3, 0.4) is 0 Å². The van der Waals surface area contributed by atoms with Crippen molar-refractivity contribution in [2.45, 2.75) is 22.6 Å². The number of ether oxygens (including phenoxy) is 1. The third-order valence-corrected chi connectivity index (χ3v) is 12.8. The first kappa shape index (κ1) is 39.0. The number of alkyl halides is 2. The predicted molar refractivity (Wildman–Crippen MR) is 200 cm³/mol. The van der Waals surface area contributed by atoms with Gasteiger partial charge in [-0.25, -0.2) is 26.9 Å². The van der Waals surface area contributed by atoms with Gasteiger partial charge < -0.3 is 9.84 Å². The van der Waals surface area contributed by atoms with E-state index >= 15 is 8.78 Å². The summed E-state index contributed by atoms with van der Waals surface area (Å²) >= 11 is 14.3. The Kier molecular flexibility index (Phi) is 9.35. The summed E-state index contributed by atoms with van der Waals surface area (Å²) in [5, 5.41) is 10.1. The van der Waals surface area contributed by atoms with Crippen LogP contribution in [-0.2, 0) is 19.2 Å². The third kappa shape index (κ3) is 5.44. The average molecular weight is 838 g/mol. The molecular formula is C42H27Cl2F5N2O7. The molecule has 2 aliphatic heterocycles. The van der Waals surface area contributed by atoms with Gasteiger partial charge in [-0.05, 0) is 60.7 Å². The molecule has 9 nitrogen and oxygen atoms in total. The van der Waals surface area contributed by atoms with Crippen LogP contribution in [0.1, 0.15) is 34.3 Å². The van der Waals surface area contributed by atoms with Crippen molar-refractivity contribution in [2.24, 2.45) is 23.7 Å². The largest absolute Gasteiger partial charge is 0.504 e. The second kappa shape index (κ2) is 13.9. The maximum atomic E-state index is 15.3. The van der Waals surface area contributed by atoms with Gasteiger partial charge in [0.15, 0.2) is 50.3 Å². The van der Waals surface area contributed by atoms with Crippen molar-refractivity contribution in [2.75, 3.05) is 16.9 Å². The number of methoxy groups -OCH3 is 1. The fourth-order valence-electron chi connectivity index (χ4n) is 8.59. The van der Waals surface area contributed by atoms with Crippen LogP contribution in [0.15, 0.2) is 90.5 Å². The minimum absolute atomic E-state index is 0.0490. The van der Waals surface area contributed by atoms with Gasteiger partial charge in [0.25, 0.3) is 11.8 Å². The molecular weight excluding hydrogens is 810 g/mol. The van der Waals surface area contributed by atoms with E-state index in [0.29, 0.717) is 11.1 Å². The summed E-state index contributed by atoms with van der Waals surface area (Å²) in [5.41, 5.74) is -0.430. The number of allylic oxidation sites excluding steroid dienone is 3.